The third-order valence-corrected chi connectivity index (χ3v) is 5.71. The summed E-state index contributed by atoms with van der Waals surface area (Å²) in [5.74, 6) is 1.89. The highest BCUT2D eigenvalue weighted by Gasteiger charge is 2.12. The van der Waals surface area contributed by atoms with Crippen molar-refractivity contribution < 1.29 is 0 Å². The lowest BCUT2D eigenvalue weighted by Gasteiger charge is -2.27. The van der Waals surface area contributed by atoms with Gasteiger partial charge >= 0.3 is 0 Å². The summed E-state index contributed by atoms with van der Waals surface area (Å²) in [6.07, 6.45) is 9.53. The Balaban J connectivity index is 1.40. The summed E-state index contributed by atoms with van der Waals surface area (Å²) in [6, 6.07) is 14.6. The Hall–Kier alpha value is -3.35. The van der Waals surface area contributed by atoms with Crippen LogP contribution in [0.1, 0.15) is 42.9 Å². The molecule has 1 aliphatic heterocycles. The number of pyridine rings is 1. The molecule has 0 bridgehead atoms. The van der Waals surface area contributed by atoms with Crippen LogP contribution < -0.4 is 15.5 Å². The first-order valence-corrected chi connectivity index (χ1v) is 11.6. The molecule has 3 heterocycles. The standard InChI is InChI=1S/C25H33N7/c1-2-26-25(28-18-21-11-13-27-24(17-21)31-14-6-3-7-15-31)29-19-22-9-4-5-10-23(22)20-32-16-8-12-30-32/h4-5,8-13,16-17H,2-3,6-7,14-15,18-20H2,1H3,(H2,26,28,29). The minimum Gasteiger partial charge on any atom is -0.357 e. The van der Waals surface area contributed by atoms with E-state index in [1.807, 2.05) is 29.3 Å². The quantitative estimate of drug-likeness (QED) is 0.421. The third-order valence-electron chi connectivity index (χ3n) is 5.71. The van der Waals surface area contributed by atoms with E-state index in [9.17, 15) is 0 Å². The molecule has 0 saturated carbocycles. The fourth-order valence-electron chi connectivity index (χ4n) is 4.00. The number of nitrogens with zero attached hydrogens (tertiary/aromatic N) is 5. The number of hydrogen-bond acceptors (Lipinski definition) is 4. The van der Waals surface area contributed by atoms with Crippen LogP contribution in [-0.2, 0) is 19.6 Å². The van der Waals surface area contributed by atoms with Gasteiger partial charge < -0.3 is 15.5 Å². The van der Waals surface area contributed by atoms with Crippen molar-refractivity contribution in [3.63, 3.8) is 0 Å². The molecule has 0 unspecified atom stereocenters. The summed E-state index contributed by atoms with van der Waals surface area (Å²) in [4.78, 5) is 11.8. The van der Waals surface area contributed by atoms with Gasteiger partial charge in [-0.25, -0.2) is 9.98 Å². The van der Waals surface area contributed by atoms with Crippen molar-refractivity contribution in [2.45, 2.75) is 45.8 Å². The zero-order valence-electron chi connectivity index (χ0n) is 18.9. The number of piperidine rings is 1. The van der Waals surface area contributed by atoms with Crippen LogP contribution in [0.25, 0.3) is 0 Å². The van der Waals surface area contributed by atoms with Gasteiger partial charge in [0.25, 0.3) is 0 Å². The Labute approximate surface area is 190 Å². The zero-order valence-corrected chi connectivity index (χ0v) is 18.9. The van der Waals surface area contributed by atoms with Gasteiger partial charge in [0.15, 0.2) is 5.96 Å². The van der Waals surface area contributed by atoms with E-state index in [0.717, 1.165) is 38.0 Å². The monoisotopic (exact) mass is 431 g/mol. The molecule has 1 aliphatic rings. The van der Waals surface area contributed by atoms with Gasteiger partial charge in [-0.05, 0) is 61.1 Å². The third kappa shape index (κ3) is 6.09. The molecule has 1 saturated heterocycles. The highest BCUT2D eigenvalue weighted by Crippen LogP contribution is 2.18. The van der Waals surface area contributed by atoms with E-state index in [0.29, 0.717) is 13.1 Å². The van der Waals surface area contributed by atoms with Crippen LogP contribution in [0.3, 0.4) is 0 Å². The lowest BCUT2D eigenvalue weighted by atomic mass is 10.1. The second-order valence-electron chi connectivity index (χ2n) is 8.09. The SMILES string of the molecule is CCNC(=NCc1ccnc(N2CCCCC2)c1)NCc1ccccc1Cn1cccn1. The summed E-state index contributed by atoms with van der Waals surface area (Å²) < 4.78 is 1.95. The summed E-state index contributed by atoms with van der Waals surface area (Å²) in [7, 11) is 0. The average Bonchev–Trinajstić information content (AvgIpc) is 3.36. The van der Waals surface area contributed by atoms with Crippen LogP contribution in [0.2, 0.25) is 0 Å². The van der Waals surface area contributed by atoms with E-state index in [1.165, 1.54) is 36.0 Å². The maximum Gasteiger partial charge on any atom is 0.191 e. The predicted molar refractivity (Wildman–Crippen MR) is 130 cm³/mol. The van der Waals surface area contributed by atoms with Crippen molar-refractivity contribution in [3.05, 3.63) is 77.7 Å². The first-order chi connectivity index (χ1) is 15.8. The van der Waals surface area contributed by atoms with E-state index in [-0.39, 0.29) is 0 Å². The van der Waals surface area contributed by atoms with Gasteiger partial charge in [-0.3, -0.25) is 4.68 Å². The molecule has 0 spiro atoms. The van der Waals surface area contributed by atoms with Gasteiger partial charge in [0.05, 0.1) is 13.1 Å². The average molecular weight is 432 g/mol. The van der Waals surface area contributed by atoms with Crippen LogP contribution in [-0.4, -0.2) is 40.4 Å². The Bertz CT molecular complexity index is 991. The van der Waals surface area contributed by atoms with Crippen LogP contribution in [0.4, 0.5) is 5.82 Å². The number of anilines is 1. The molecule has 32 heavy (non-hydrogen) atoms. The van der Waals surface area contributed by atoms with E-state index in [1.54, 1.807) is 0 Å². The molecule has 1 aromatic carbocycles. The van der Waals surface area contributed by atoms with Crippen molar-refractivity contribution in [1.82, 2.24) is 25.4 Å². The first-order valence-electron chi connectivity index (χ1n) is 11.6. The molecule has 2 aromatic heterocycles. The summed E-state index contributed by atoms with van der Waals surface area (Å²) in [5.41, 5.74) is 3.67. The van der Waals surface area contributed by atoms with Gasteiger partial charge in [-0.2, -0.15) is 5.10 Å². The number of benzene rings is 1. The lowest BCUT2D eigenvalue weighted by molar-refractivity contribution is 0.573. The molecule has 7 heteroatoms. The van der Waals surface area contributed by atoms with Crippen LogP contribution in [0.5, 0.6) is 0 Å². The molecule has 0 radical (unpaired) electrons. The van der Waals surface area contributed by atoms with Crippen molar-refractivity contribution >= 4 is 11.8 Å². The van der Waals surface area contributed by atoms with Crippen molar-refractivity contribution in [1.29, 1.82) is 0 Å². The number of guanidine groups is 1. The minimum atomic E-state index is 0.619. The second kappa shape index (κ2) is 11.3. The van der Waals surface area contributed by atoms with Gasteiger partial charge in [-0.1, -0.05) is 24.3 Å². The van der Waals surface area contributed by atoms with Gasteiger partial charge in [-0.15, -0.1) is 0 Å². The van der Waals surface area contributed by atoms with E-state index < -0.39 is 0 Å². The predicted octanol–water partition coefficient (Wildman–Crippen LogP) is 3.57. The van der Waals surface area contributed by atoms with Gasteiger partial charge in [0.1, 0.15) is 5.82 Å². The fraction of sp³-hybridized carbons (Fsp3) is 0.400. The largest absolute Gasteiger partial charge is 0.357 e. The van der Waals surface area contributed by atoms with Gasteiger partial charge in [0, 0.05) is 44.8 Å². The molecule has 3 aromatic rings. The molecular formula is C25H33N7. The summed E-state index contributed by atoms with van der Waals surface area (Å²) in [5, 5.41) is 11.2. The van der Waals surface area contributed by atoms with E-state index in [4.69, 9.17) is 4.99 Å². The van der Waals surface area contributed by atoms with Crippen LogP contribution in [0.15, 0.2) is 66.0 Å². The summed E-state index contributed by atoms with van der Waals surface area (Å²) >= 11 is 0. The first kappa shape index (κ1) is 21.9. The maximum atomic E-state index is 4.82. The number of aromatic nitrogens is 3. The number of nitrogens with one attached hydrogen (secondary N) is 2. The van der Waals surface area contributed by atoms with Crippen molar-refractivity contribution in [2.24, 2.45) is 4.99 Å². The normalized spacial score (nSPS) is 14.4. The molecule has 4 rings (SSSR count). The Morgan fingerprint density at radius 2 is 1.84 bits per heavy atom. The molecule has 1 fully saturated rings. The highest BCUT2D eigenvalue weighted by molar-refractivity contribution is 5.79. The van der Waals surface area contributed by atoms with Gasteiger partial charge in [0.2, 0.25) is 0 Å². The maximum absolute atomic E-state index is 4.82. The molecule has 0 atom stereocenters. The fourth-order valence-corrected chi connectivity index (χ4v) is 4.00. The zero-order chi connectivity index (χ0) is 22.0. The number of hydrogen-bond donors (Lipinski definition) is 2. The van der Waals surface area contributed by atoms with E-state index >= 15 is 0 Å². The minimum absolute atomic E-state index is 0.619. The Morgan fingerprint density at radius 3 is 2.62 bits per heavy atom. The lowest BCUT2D eigenvalue weighted by Crippen LogP contribution is -2.37. The highest BCUT2D eigenvalue weighted by atomic mass is 15.3. The Morgan fingerprint density at radius 1 is 1.00 bits per heavy atom. The molecule has 7 nitrogen and oxygen atoms in total. The van der Waals surface area contributed by atoms with Crippen molar-refractivity contribution in [2.75, 3.05) is 24.5 Å². The molecule has 168 valence electrons. The molecular weight excluding hydrogens is 398 g/mol. The smallest absolute Gasteiger partial charge is 0.191 e. The molecule has 0 aliphatic carbocycles. The van der Waals surface area contributed by atoms with Crippen LogP contribution in [0, 0.1) is 0 Å². The second-order valence-corrected chi connectivity index (χ2v) is 8.09. The topological polar surface area (TPSA) is 70.4 Å². The molecule has 0 amide bonds. The molecule has 2 N–H and O–H groups in total. The number of rotatable bonds is 8. The Kier molecular flexibility index (Phi) is 7.74. The van der Waals surface area contributed by atoms with E-state index in [2.05, 4.69) is 68.9 Å². The van der Waals surface area contributed by atoms with Crippen molar-refractivity contribution in [3.8, 4) is 0 Å². The van der Waals surface area contributed by atoms with Crippen LogP contribution >= 0.6 is 0 Å². The number of aliphatic imine (C=N–C) groups is 1. The summed E-state index contributed by atoms with van der Waals surface area (Å²) in [6.45, 7) is 7.19.